The maximum absolute atomic E-state index is 12.7. The Morgan fingerprint density at radius 1 is 1.08 bits per heavy atom. The van der Waals surface area contributed by atoms with Crippen molar-refractivity contribution in [2.75, 3.05) is 13.2 Å². The molecule has 1 amide bonds. The van der Waals surface area contributed by atoms with E-state index in [1.165, 1.54) is 0 Å². The first kappa shape index (κ1) is 19.6. The molecule has 1 aromatic rings. The molecule has 1 heterocycles. The van der Waals surface area contributed by atoms with E-state index in [-0.39, 0.29) is 23.0 Å². The van der Waals surface area contributed by atoms with Crippen molar-refractivity contribution in [2.24, 2.45) is 0 Å². The zero-order valence-electron chi connectivity index (χ0n) is 16.4. The van der Waals surface area contributed by atoms with Gasteiger partial charge in [-0.25, -0.2) is 0 Å². The van der Waals surface area contributed by atoms with Crippen LogP contribution in [0.25, 0.3) is 0 Å². The highest BCUT2D eigenvalue weighted by Gasteiger charge is 2.38. The predicted molar refractivity (Wildman–Crippen MR) is 101 cm³/mol. The SMILES string of the molecule is CCOc1ccc(C(=O)NC2CC(C)(C)NC(C)(C)C2)cc1OCC. The van der Waals surface area contributed by atoms with Crippen LogP contribution >= 0.6 is 0 Å². The maximum Gasteiger partial charge on any atom is 0.251 e. The average Bonchev–Trinajstić information content (AvgIpc) is 2.46. The van der Waals surface area contributed by atoms with Gasteiger partial charge in [0.1, 0.15) is 0 Å². The van der Waals surface area contributed by atoms with Crippen LogP contribution in [0.4, 0.5) is 0 Å². The first-order valence-electron chi connectivity index (χ1n) is 9.15. The first-order valence-corrected chi connectivity index (χ1v) is 9.15. The van der Waals surface area contributed by atoms with Crippen molar-refractivity contribution in [3.63, 3.8) is 0 Å². The third-order valence-corrected chi connectivity index (χ3v) is 4.33. The highest BCUT2D eigenvalue weighted by Crippen LogP contribution is 2.30. The normalized spacial score (nSPS) is 19.3. The monoisotopic (exact) mass is 348 g/mol. The molecule has 0 aromatic heterocycles. The minimum atomic E-state index is -0.0671. The lowest BCUT2D eigenvalue weighted by atomic mass is 9.79. The topological polar surface area (TPSA) is 59.6 Å². The van der Waals surface area contributed by atoms with Crippen molar-refractivity contribution in [2.45, 2.75) is 71.5 Å². The second kappa shape index (κ2) is 7.65. The molecule has 25 heavy (non-hydrogen) atoms. The number of piperidine rings is 1. The largest absolute Gasteiger partial charge is 0.490 e. The Hall–Kier alpha value is -1.75. The molecule has 0 unspecified atom stereocenters. The number of hydrogen-bond donors (Lipinski definition) is 2. The molecule has 5 nitrogen and oxygen atoms in total. The Morgan fingerprint density at radius 3 is 2.20 bits per heavy atom. The minimum Gasteiger partial charge on any atom is -0.490 e. The summed E-state index contributed by atoms with van der Waals surface area (Å²) in [5.74, 6) is 1.22. The van der Waals surface area contributed by atoms with Gasteiger partial charge in [-0.1, -0.05) is 0 Å². The fourth-order valence-electron chi connectivity index (χ4n) is 3.89. The number of rotatable bonds is 6. The lowest BCUT2D eigenvalue weighted by Gasteiger charge is -2.46. The number of carbonyl (C=O) groups excluding carboxylic acids is 1. The van der Waals surface area contributed by atoms with Gasteiger partial charge in [0.25, 0.3) is 5.91 Å². The van der Waals surface area contributed by atoms with Gasteiger partial charge in [-0.2, -0.15) is 0 Å². The molecule has 0 spiro atoms. The predicted octanol–water partition coefficient (Wildman–Crippen LogP) is 3.52. The summed E-state index contributed by atoms with van der Waals surface area (Å²) in [6.45, 7) is 13.6. The molecular formula is C20H32N2O3. The average molecular weight is 348 g/mol. The van der Waals surface area contributed by atoms with Gasteiger partial charge in [0.15, 0.2) is 11.5 Å². The molecule has 1 aliphatic rings. The lowest BCUT2D eigenvalue weighted by molar-refractivity contribution is 0.0872. The van der Waals surface area contributed by atoms with Gasteiger partial charge in [0.2, 0.25) is 0 Å². The van der Waals surface area contributed by atoms with E-state index in [0.29, 0.717) is 30.3 Å². The van der Waals surface area contributed by atoms with Gasteiger partial charge in [0, 0.05) is 22.7 Å². The van der Waals surface area contributed by atoms with Gasteiger partial charge in [-0.05, 0) is 72.6 Å². The Bertz CT molecular complexity index is 595. The number of amides is 1. The Kier molecular flexibility index (Phi) is 5.99. The molecule has 1 fully saturated rings. The second-order valence-electron chi connectivity index (χ2n) is 8.00. The Labute approximate surface area is 151 Å². The van der Waals surface area contributed by atoms with E-state index in [9.17, 15) is 4.79 Å². The van der Waals surface area contributed by atoms with Gasteiger partial charge in [-0.15, -0.1) is 0 Å². The quantitative estimate of drug-likeness (QED) is 0.826. The fourth-order valence-corrected chi connectivity index (χ4v) is 3.89. The molecule has 2 rings (SSSR count). The third kappa shape index (κ3) is 5.36. The number of ether oxygens (including phenoxy) is 2. The van der Waals surface area contributed by atoms with Crippen LogP contribution in [0.3, 0.4) is 0 Å². The van der Waals surface area contributed by atoms with Crippen molar-refractivity contribution in [1.29, 1.82) is 0 Å². The van der Waals surface area contributed by atoms with E-state index in [1.807, 2.05) is 13.8 Å². The van der Waals surface area contributed by atoms with Gasteiger partial charge in [-0.3, -0.25) is 4.79 Å². The van der Waals surface area contributed by atoms with Crippen molar-refractivity contribution in [1.82, 2.24) is 10.6 Å². The first-order chi connectivity index (χ1) is 11.7. The molecule has 1 aliphatic heterocycles. The van der Waals surface area contributed by atoms with Crippen LogP contribution in [-0.2, 0) is 0 Å². The summed E-state index contributed by atoms with van der Waals surface area (Å²) in [6, 6.07) is 5.50. The molecule has 0 atom stereocenters. The van der Waals surface area contributed by atoms with Crippen molar-refractivity contribution < 1.29 is 14.3 Å². The molecule has 1 aromatic carbocycles. The van der Waals surface area contributed by atoms with E-state index in [0.717, 1.165) is 12.8 Å². The number of benzene rings is 1. The molecular weight excluding hydrogens is 316 g/mol. The van der Waals surface area contributed by atoms with Crippen LogP contribution in [-0.4, -0.2) is 36.2 Å². The fraction of sp³-hybridized carbons (Fsp3) is 0.650. The second-order valence-corrected chi connectivity index (χ2v) is 8.00. The van der Waals surface area contributed by atoms with Crippen LogP contribution in [0.2, 0.25) is 0 Å². The molecule has 5 heteroatoms. The molecule has 140 valence electrons. The number of carbonyl (C=O) groups is 1. The summed E-state index contributed by atoms with van der Waals surface area (Å²) in [7, 11) is 0. The Balaban J connectivity index is 2.13. The van der Waals surface area contributed by atoms with E-state index in [2.05, 4.69) is 38.3 Å². The lowest BCUT2D eigenvalue weighted by Crippen LogP contribution is -2.62. The molecule has 0 bridgehead atoms. The van der Waals surface area contributed by atoms with E-state index in [4.69, 9.17) is 9.47 Å². The summed E-state index contributed by atoms with van der Waals surface area (Å²) in [5, 5.41) is 6.83. The molecule has 0 saturated carbocycles. The highest BCUT2D eigenvalue weighted by atomic mass is 16.5. The van der Waals surface area contributed by atoms with E-state index < -0.39 is 0 Å². The third-order valence-electron chi connectivity index (χ3n) is 4.33. The summed E-state index contributed by atoms with van der Waals surface area (Å²) >= 11 is 0. The van der Waals surface area contributed by atoms with Gasteiger partial charge < -0.3 is 20.1 Å². The summed E-state index contributed by atoms with van der Waals surface area (Å²) < 4.78 is 11.2. The summed E-state index contributed by atoms with van der Waals surface area (Å²) in [4.78, 5) is 12.7. The van der Waals surface area contributed by atoms with Crippen molar-refractivity contribution >= 4 is 5.91 Å². The van der Waals surface area contributed by atoms with Crippen molar-refractivity contribution in [3.05, 3.63) is 23.8 Å². The zero-order valence-corrected chi connectivity index (χ0v) is 16.4. The van der Waals surface area contributed by atoms with E-state index in [1.54, 1.807) is 18.2 Å². The molecule has 0 aliphatic carbocycles. The van der Waals surface area contributed by atoms with Crippen LogP contribution in [0, 0.1) is 0 Å². The van der Waals surface area contributed by atoms with Crippen LogP contribution in [0.1, 0.15) is 64.7 Å². The Morgan fingerprint density at radius 2 is 1.64 bits per heavy atom. The number of hydrogen-bond acceptors (Lipinski definition) is 4. The van der Waals surface area contributed by atoms with E-state index >= 15 is 0 Å². The minimum absolute atomic E-state index is 0.00496. The summed E-state index contributed by atoms with van der Waals surface area (Å²) in [5.41, 5.74) is 0.588. The van der Waals surface area contributed by atoms with Crippen LogP contribution in [0.5, 0.6) is 11.5 Å². The summed E-state index contributed by atoms with van der Waals surface area (Å²) in [6.07, 6.45) is 1.80. The maximum atomic E-state index is 12.7. The number of nitrogens with one attached hydrogen (secondary N) is 2. The van der Waals surface area contributed by atoms with Crippen LogP contribution in [0.15, 0.2) is 18.2 Å². The van der Waals surface area contributed by atoms with Crippen LogP contribution < -0.4 is 20.1 Å². The highest BCUT2D eigenvalue weighted by molar-refractivity contribution is 5.95. The molecule has 2 N–H and O–H groups in total. The van der Waals surface area contributed by atoms with Crippen molar-refractivity contribution in [3.8, 4) is 11.5 Å². The standard InChI is InChI=1S/C20H32N2O3/c1-7-24-16-10-9-14(11-17(16)25-8-2)18(23)21-15-12-19(3,4)22-20(5,6)13-15/h9-11,15,22H,7-8,12-13H2,1-6H3,(H,21,23). The zero-order chi connectivity index (χ0) is 18.7. The van der Waals surface area contributed by atoms with Gasteiger partial charge in [0.05, 0.1) is 13.2 Å². The smallest absolute Gasteiger partial charge is 0.251 e. The van der Waals surface area contributed by atoms with Gasteiger partial charge >= 0.3 is 0 Å². The molecule has 1 saturated heterocycles. The molecule has 0 radical (unpaired) electrons.